The molecule has 0 heterocycles. The summed E-state index contributed by atoms with van der Waals surface area (Å²) in [4.78, 5) is 12.2. The van der Waals surface area contributed by atoms with Gasteiger partial charge in [0.05, 0.1) is 11.1 Å². The van der Waals surface area contributed by atoms with Gasteiger partial charge in [-0.3, -0.25) is 4.79 Å². The SMILES string of the molecule is O=C(NC1Cc2ccccc2C1)c1ccc(F)cc1C(F)(F)F. The first-order valence-corrected chi connectivity index (χ1v) is 7.09. The second-order valence-electron chi connectivity index (χ2n) is 5.54. The summed E-state index contributed by atoms with van der Waals surface area (Å²) in [7, 11) is 0. The number of rotatable bonds is 2. The number of nitrogens with one attached hydrogen (secondary N) is 1. The van der Waals surface area contributed by atoms with E-state index in [1.165, 1.54) is 0 Å². The van der Waals surface area contributed by atoms with Crippen LogP contribution in [0, 0.1) is 5.82 Å². The first kappa shape index (κ1) is 15.5. The molecule has 0 aliphatic heterocycles. The van der Waals surface area contributed by atoms with Crippen molar-refractivity contribution in [3.05, 3.63) is 70.5 Å². The number of alkyl halides is 3. The van der Waals surface area contributed by atoms with Crippen LogP contribution in [0.2, 0.25) is 0 Å². The third-order valence-corrected chi connectivity index (χ3v) is 3.92. The number of amides is 1. The van der Waals surface area contributed by atoms with Crippen LogP contribution in [-0.2, 0) is 19.0 Å². The molecule has 1 amide bonds. The van der Waals surface area contributed by atoms with E-state index in [0.29, 0.717) is 18.9 Å². The van der Waals surface area contributed by atoms with E-state index in [0.717, 1.165) is 23.3 Å². The van der Waals surface area contributed by atoms with Gasteiger partial charge >= 0.3 is 6.18 Å². The molecule has 6 heteroatoms. The van der Waals surface area contributed by atoms with Crippen molar-refractivity contribution in [2.75, 3.05) is 0 Å². The maximum atomic E-state index is 13.1. The summed E-state index contributed by atoms with van der Waals surface area (Å²) >= 11 is 0. The van der Waals surface area contributed by atoms with Crippen molar-refractivity contribution >= 4 is 5.91 Å². The summed E-state index contributed by atoms with van der Waals surface area (Å²) in [5.41, 5.74) is 0.335. The van der Waals surface area contributed by atoms with Crippen LogP contribution in [0.5, 0.6) is 0 Å². The first-order valence-electron chi connectivity index (χ1n) is 7.09. The van der Waals surface area contributed by atoms with Crippen LogP contribution >= 0.6 is 0 Å². The molecule has 1 N–H and O–H groups in total. The van der Waals surface area contributed by atoms with Crippen molar-refractivity contribution in [1.82, 2.24) is 5.32 Å². The molecule has 0 saturated carbocycles. The Morgan fingerprint density at radius 1 is 1.04 bits per heavy atom. The van der Waals surface area contributed by atoms with Crippen LogP contribution in [0.1, 0.15) is 27.0 Å². The van der Waals surface area contributed by atoms with Crippen LogP contribution in [-0.4, -0.2) is 11.9 Å². The van der Waals surface area contributed by atoms with E-state index < -0.39 is 29.0 Å². The number of carbonyl (C=O) groups excluding carboxylic acids is 1. The van der Waals surface area contributed by atoms with Crippen molar-refractivity contribution in [1.29, 1.82) is 0 Å². The average Bonchev–Trinajstić information content (AvgIpc) is 2.88. The molecule has 0 unspecified atom stereocenters. The van der Waals surface area contributed by atoms with Crippen molar-refractivity contribution in [3.63, 3.8) is 0 Å². The third kappa shape index (κ3) is 3.21. The molecule has 0 bridgehead atoms. The lowest BCUT2D eigenvalue weighted by atomic mass is 10.1. The van der Waals surface area contributed by atoms with Gasteiger partial charge in [-0.1, -0.05) is 24.3 Å². The predicted molar refractivity (Wildman–Crippen MR) is 76.5 cm³/mol. The molecule has 0 fully saturated rings. The smallest absolute Gasteiger partial charge is 0.349 e. The Balaban J connectivity index is 1.80. The van der Waals surface area contributed by atoms with E-state index in [9.17, 15) is 22.4 Å². The normalized spacial score (nSPS) is 14.6. The molecule has 2 nitrogen and oxygen atoms in total. The lowest BCUT2D eigenvalue weighted by Crippen LogP contribution is -2.36. The topological polar surface area (TPSA) is 29.1 Å². The number of hydrogen-bond acceptors (Lipinski definition) is 1. The number of carbonyl (C=O) groups is 1. The van der Waals surface area contributed by atoms with Gasteiger partial charge in [-0.25, -0.2) is 4.39 Å². The predicted octanol–water partition coefficient (Wildman–Crippen LogP) is 3.74. The van der Waals surface area contributed by atoms with Gasteiger partial charge in [-0.2, -0.15) is 13.2 Å². The minimum absolute atomic E-state index is 0.258. The molecule has 0 saturated heterocycles. The van der Waals surface area contributed by atoms with Gasteiger partial charge in [0.2, 0.25) is 0 Å². The molecule has 1 aliphatic rings. The van der Waals surface area contributed by atoms with Crippen molar-refractivity contribution in [3.8, 4) is 0 Å². The largest absolute Gasteiger partial charge is 0.417 e. The average molecular weight is 323 g/mol. The summed E-state index contributed by atoms with van der Waals surface area (Å²) in [5.74, 6) is -1.86. The van der Waals surface area contributed by atoms with E-state index in [2.05, 4.69) is 5.32 Å². The molecule has 2 aromatic rings. The highest BCUT2D eigenvalue weighted by molar-refractivity contribution is 5.96. The van der Waals surface area contributed by atoms with E-state index in [1.807, 2.05) is 24.3 Å². The molecule has 23 heavy (non-hydrogen) atoms. The van der Waals surface area contributed by atoms with Crippen LogP contribution < -0.4 is 5.32 Å². The Labute approximate surface area is 130 Å². The Morgan fingerprint density at radius 2 is 1.65 bits per heavy atom. The lowest BCUT2D eigenvalue weighted by Gasteiger charge is -2.16. The highest BCUT2D eigenvalue weighted by Gasteiger charge is 2.36. The highest BCUT2D eigenvalue weighted by atomic mass is 19.4. The molecule has 120 valence electrons. The second-order valence-corrected chi connectivity index (χ2v) is 5.54. The number of fused-ring (bicyclic) bond motifs is 1. The summed E-state index contributed by atoms with van der Waals surface area (Å²) in [6.45, 7) is 0. The van der Waals surface area contributed by atoms with Crippen LogP contribution in [0.25, 0.3) is 0 Å². The quantitative estimate of drug-likeness (QED) is 0.838. The standard InChI is InChI=1S/C17H13F4NO/c18-12-5-6-14(15(9-12)17(19,20)21)16(23)22-13-7-10-3-1-2-4-11(10)8-13/h1-6,9,13H,7-8H2,(H,22,23). The number of halogens is 4. The summed E-state index contributed by atoms with van der Waals surface area (Å²) < 4.78 is 52.0. The molecule has 3 rings (SSSR count). The molecular formula is C17H13F4NO. The second kappa shape index (κ2) is 5.68. The summed E-state index contributed by atoms with van der Waals surface area (Å²) in [6.07, 6.45) is -3.64. The minimum Gasteiger partial charge on any atom is -0.349 e. The van der Waals surface area contributed by atoms with E-state index >= 15 is 0 Å². The summed E-state index contributed by atoms with van der Waals surface area (Å²) in [6, 6.07) is 9.43. The zero-order valence-corrected chi connectivity index (χ0v) is 12.0. The fraction of sp³-hybridized carbons (Fsp3) is 0.235. The van der Waals surface area contributed by atoms with Crippen molar-refractivity contribution in [2.45, 2.75) is 25.1 Å². The lowest BCUT2D eigenvalue weighted by molar-refractivity contribution is -0.138. The van der Waals surface area contributed by atoms with Gasteiger partial charge in [0.25, 0.3) is 5.91 Å². The zero-order valence-electron chi connectivity index (χ0n) is 12.0. The molecule has 1 aliphatic carbocycles. The number of benzene rings is 2. The zero-order chi connectivity index (χ0) is 16.6. The third-order valence-electron chi connectivity index (χ3n) is 3.92. The maximum absolute atomic E-state index is 13.1. The fourth-order valence-corrected chi connectivity index (χ4v) is 2.87. The molecule has 0 aromatic heterocycles. The van der Waals surface area contributed by atoms with E-state index in [1.54, 1.807) is 0 Å². The van der Waals surface area contributed by atoms with Crippen LogP contribution in [0.15, 0.2) is 42.5 Å². The molecule has 2 aromatic carbocycles. The molecule has 0 radical (unpaired) electrons. The van der Waals surface area contributed by atoms with Crippen LogP contribution in [0.3, 0.4) is 0 Å². The number of hydrogen-bond donors (Lipinski definition) is 1. The molecular weight excluding hydrogens is 310 g/mol. The monoisotopic (exact) mass is 323 g/mol. The fourth-order valence-electron chi connectivity index (χ4n) is 2.87. The van der Waals surface area contributed by atoms with E-state index in [4.69, 9.17) is 0 Å². The van der Waals surface area contributed by atoms with Gasteiger partial charge in [-0.05, 0) is 42.2 Å². The Morgan fingerprint density at radius 3 is 2.22 bits per heavy atom. The van der Waals surface area contributed by atoms with Gasteiger partial charge in [0.15, 0.2) is 0 Å². The Kier molecular flexibility index (Phi) is 3.83. The first-order chi connectivity index (χ1) is 10.8. The van der Waals surface area contributed by atoms with E-state index in [-0.39, 0.29) is 6.04 Å². The van der Waals surface area contributed by atoms with Gasteiger partial charge < -0.3 is 5.32 Å². The highest BCUT2D eigenvalue weighted by Crippen LogP contribution is 2.32. The Hall–Kier alpha value is -2.37. The van der Waals surface area contributed by atoms with Crippen molar-refractivity contribution < 1.29 is 22.4 Å². The minimum atomic E-state index is -4.78. The maximum Gasteiger partial charge on any atom is 0.417 e. The summed E-state index contributed by atoms with van der Waals surface area (Å²) in [5, 5.41) is 2.61. The Bertz CT molecular complexity index is 729. The van der Waals surface area contributed by atoms with Crippen molar-refractivity contribution in [2.24, 2.45) is 0 Å². The van der Waals surface area contributed by atoms with Gasteiger partial charge in [-0.15, -0.1) is 0 Å². The van der Waals surface area contributed by atoms with Gasteiger partial charge in [0.1, 0.15) is 5.82 Å². The molecule has 0 atom stereocenters. The molecule has 0 spiro atoms. The van der Waals surface area contributed by atoms with Crippen LogP contribution in [0.4, 0.5) is 17.6 Å². The van der Waals surface area contributed by atoms with Gasteiger partial charge in [0, 0.05) is 6.04 Å².